The molecule has 0 aromatic carbocycles. The number of amidine groups is 1. The molecule has 0 saturated carbocycles. The fourth-order valence-electron chi connectivity index (χ4n) is 2.20. The van der Waals surface area contributed by atoms with Crippen LogP contribution in [-0.4, -0.2) is 41.0 Å². The van der Waals surface area contributed by atoms with Crippen LogP contribution in [0.3, 0.4) is 0 Å². The second-order valence-corrected chi connectivity index (χ2v) is 5.21. The molecule has 1 aliphatic heterocycles. The third kappa shape index (κ3) is 2.68. The molecule has 5 heteroatoms. The summed E-state index contributed by atoms with van der Waals surface area (Å²) in [6.45, 7) is 7.44. The van der Waals surface area contributed by atoms with Gasteiger partial charge in [0.1, 0.15) is 11.5 Å². The molecular formula is C13H20N4O. The van der Waals surface area contributed by atoms with Gasteiger partial charge in [0.25, 0.3) is 0 Å². The Hall–Kier alpha value is -1.46. The van der Waals surface area contributed by atoms with Gasteiger partial charge in [-0.15, -0.1) is 0 Å². The fourth-order valence-corrected chi connectivity index (χ4v) is 2.20. The summed E-state index contributed by atoms with van der Waals surface area (Å²) in [4.78, 5) is 6.53. The Labute approximate surface area is 107 Å². The maximum atomic E-state index is 7.56. The van der Waals surface area contributed by atoms with Crippen molar-refractivity contribution >= 4 is 5.84 Å². The van der Waals surface area contributed by atoms with Gasteiger partial charge in [-0.2, -0.15) is 0 Å². The number of nitrogens with one attached hydrogen (secondary N) is 1. The highest BCUT2D eigenvalue weighted by molar-refractivity contribution is 5.94. The maximum Gasteiger partial charge on any atom is 0.142 e. The zero-order chi connectivity index (χ0) is 13.2. The third-order valence-corrected chi connectivity index (χ3v) is 3.32. The SMILES string of the molecule is CC1(C)COCCN1Cc1cccnc1C(=N)N. The first-order valence-electron chi connectivity index (χ1n) is 6.12. The van der Waals surface area contributed by atoms with Crippen LogP contribution in [0.15, 0.2) is 18.3 Å². The number of nitrogens with two attached hydrogens (primary N) is 1. The van der Waals surface area contributed by atoms with E-state index in [0.29, 0.717) is 5.69 Å². The molecule has 1 aromatic heterocycles. The molecule has 98 valence electrons. The summed E-state index contributed by atoms with van der Waals surface area (Å²) in [6.07, 6.45) is 1.67. The van der Waals surface area contributed by atoms with Crippen LogP contribution in [0.25, 0.3) is 0 Å². The van der Waals surface area contributed by atoms with E-state index in [4.69, 9.17) is 15.9 Å². The minimum atomic E-state index is 0.00213. The lowest BCUT2D eigenvalue weighted by atomic mass is 10.0. The topological polar surface area (TPSA) is 75.2 Å². The first-order chi connectivity index (χ1) is 8.50. The van der Waals surface area contributed by atoms with Crippen molar-refractivity contribution in [2.75, 3.05) is 19.8 Å². The van der Waals surface area contributed by atoms with Crippen molar-refractivity contribution in [2.24, 2.45) is 5.73 Å². The number of hydrogen-bond acceptors (Lipinski definition) is 4. The van der Waals surface area contributed by atoms with Gasteiger partial charge in [0.2, 0.25) is 0 Å². The first kappa shape index (κ1) is 13.0. The molecule has 1 aromatic rings. The number of ether oxygens (including phenoxy) is 1. The Bertz CT molecular complexity index is 444. The highest BCUT2D eigenvalue weighted by Gasteiger charge is 2.30. The van der Waals surface area contributed by atoms with Crippen LogP contribution in [0.2, 0.25) is 0 Å². The molecule has 2 rings (SSSR count). The van der Waals surface area contributed by atoms with E-state index in [0.717, 1.165) is 31.9 Å². The van der Waals surface area contributed by atoms with E-state index in [1.165, 1.54) is 0 Å². The monoisotopic (exact) mass is 248 g/mol. The lowest BCUT2D eigenvalue weighted by Gasteiger charge is -2.42. The van der Waals surface area contributed by atoms with Gasteiger partial charge < -0.3 is 10.5 Å². The van der Waals surface area contributed by atoms with Crippen LogP contribution in [0.4, 0.5) is 0 Å². The first-order valence-corrected chi connectivity index (χ1v) is 6.12. The molecule has 1 saturated heterocycles. The van der Waals surface area contributed by atoms with Crippen LogP contribution in [-0.2, 0) is 11.3 Å². The zero-order valence-corrected chi connectivity index (χ0v) is 10.9. The molecule has 0 radical (unpaired) electrons. The van der Waals surface area contributed by atoms with E-state index in [9.17, 15) is 0 Å². The van der Waals surface area contributed by atoms with Crippen LogP contribution < -0.4 is 5.73 Å². The van der Waals surface area contributed by atoms with Crippen molar-refractivity contribution in [3.8, 4) is 0 Å². The average molecular weight is 248 g/mol. The van der Waals surface area contributed by atoms with Gasteiger partial charge in [-0.05, 0) is 25.5 Å². The fraction of sp³-hybridized carbons (Fsp3) is 0.538. The van der Waals surface area contributed by atoms with E-state index >= 15 is 0 Å². The quantitative estimate of drug-likeness (QED) is 0.617. The lowest BCUT2D eigenvalue weighted by Crippen LogP contribution is -2.52. The standard InChI is InChI=1S/C13H20N4O/c1-13(2)9-18-7-6-17(13)8-10-4-3-5-16-11(10)12(14)15/h3-5H,6-9H2,1-2H3,(H3,14,15). The summed E-state index contributed by atoms with van der Waals surface area (Å²) in [5, 5.41) is 7.56. The van der Waals surface area contributed by atoms with Gasteiger partial charge in [-0.25, -0.2) is 0 Å². The maximum absolute atomic E-state index is 7.56. The van der Waals surface area contributed by atoms with Crippen LogP contribution >= 0.6 is 0 Å². The summed E-state index contributed by atoms with van der Waals surface area (Å²) < 4.78 is 5.51. The molecule has 0 aliphatic carbocycles. The highest BCUT2D eigenvalue weighted by atomic mass is 16.5. The van der Waals surface area contributed by atoms with Crippen molar-refractivity contribution in [3.63, 3.8) is 0 Å². The van der Waals surface area contributed by atoms with E-state index in [1.54, 1.807) is 6.20 Å². The van der Waals surface area contributed by atoms with E-state index in [2.05, 4.69) is 23.7 Å². The molecule has 5 nitrogen and oxygen atoms in total. The molecule has 2 heterocycles. The van der Waals surface area contributed by atoms with Gasteiger partial charge in [-0.1, -0.05) is 6.07 Å². The Balaban J connectivity index is 2.21. The molecule has 18 heavy (non-hydrogen) atoms. The normalized spacial score (nSPS) is 19.7. The number of nitrogen functional groups attached to an aromatic ring is 1. The molecule has 1 aliphatic rings. The van der Waals surface area contributed by atoms with Gasteiger partial charge >= 0.3 is 0 Å². The predicted molar refractivity (Wildman–Crippen MR) is 70.6 cm³/mol. The van der Waals surface area contributed by atoms with E-state index in [-0.39, 0.29) is 11.4 Å². The Morgan fingerprint density at radius 1 is 1.61 bits per heavy atom. The van der Waals surface area contributed by atoms with Crippen molar-refractivity contribution in [1.29, 1.82) is 5.41 Å². The summed E-state index contributed by atoms with van der Waals surface area (Å²) in [6, 6.07) is 3.87. The summed E-state index contributed by atoms with van der Waals surface area (Å²) in [5.41, 5.74) is 7.15. The molecule has 0 amide bonds. The Kier molecular flexibility index (Phi) is 3.63. The number of nitrogens with zero attached hydrogens (tertiary/aromatic N) is 2. The highest BCUT2D eigenvalue weighted by Crippen LogP contribution is 2.22. The number of pyridine rings is 1. The molecule has 3 N–H and O–H groups in total. The van der Waals surface area contributed by atoms with Crippen molar-refractivity contribution < 1.29 is 4.74 Å². The Morgan fingerprint density at radius 3 is 3.06 bits per heavy atom. The van der Waals surface area contributed by atoms with Crippen molar-refractivity contribution in [1.82, 2.24) is 9.88 Å². The average Bonchev–Trinajstić information content (AvgIpc) is 2.32. The van der Waals surface area contributed by atoms with Crippen LogP contribution in [0.5, 0.6) is 0 Å². The third-order valence-electron chi connectivity index (χ3n) is 3.32. The zero-order valence-electron chi connectivity index (χ0n) is 10.9. The second-order valence-electron chi connectivity index (χ2n) is 5.21. The van der Waals surface area contributed by atoms with Gasteiger partial charge in [0.05, 0.1) is 13.2 Å². The number of aromatic nitrogens is 1. The van der Waals surface area contributed by atoms with Crippen LogP contribution in [0, 0.1) is 5.41 Å². The van der Waals surface area contributed by atoms with Gasteiger partial charge in [0.15, 0.2) is 0 Å². The minimum absolute atomic E-state index is 0.00213. The van der Waals surface area contributed by atoms with Crippen LogP contribution in [0.1, 0.15) is 25.1 Å². The molecule has 0 spiro atoms. The van der Waals surface area contributed by atoms with Crippen molar-refractivity contribution in [3.05, 3.63) is 29.6 Å². The number of hydrogen-bond donors (Lipinski definition) is 2. The summed E-state index contributed by atoms with van der Waals surface area (Å²) >= 11 is 0. The molecule has 1 fully saturated rings. The Morgan fingerprint density at radius 2 is 2.39 bits per heavy atom. The van der Waals surface area contributed by atoms with Gasteiger partial charge in [0, 0.05) is 24.8 Å². The number of rotatable bonds is 3. The predicted octanol–water partition coefficient (Wildman–Crippen LogP) is 0.976. The van der Waals surface area contributed by atoms with Crippen molar-refractivity contribution in [2.45, 2.75) is 25.9 Å². The van der Waals surface area contributed by atoms with E-state index < -0.39 is 0 Å². The molecule has 0 atom stereocenters. The molecule has 0 unspecified atom stereocenters. The lowest BCUT2D eigenvalue weighted by molar-refractivity contribution is -0.0553. The summed E-state index contributed by atoms with van der Waals surface area (Å²) in [5.74, 6) is 0.0247. The minimum Gasteiger partial charge on any atom is -0.382 e. The summed E-state index contributed by atoms with van der Waals surface area (Å²) in [7, 11) is 0. The molecule has 0 bridgehead atoms. The number of morpholine rings is 1. The van der Waals surface area contributed by atoms with E-state index in [1.807, 2.05) is 12.1 Å². The van der Waals surface area contributed by atoms with Gasteiger partial charge in [-0.3, -0.25) is 15.3 Å². The largest absolute Gasteiger partial charge is 0.382 e. The second kappa shape index (κ2) is 5.04. The molecular weight excluding hydrogens is 228 g/mol. The smallest absolute Gasteiger partial charge is 0.142 e.